The van der Waals surface area contributed by atoms with Gasteiger partial charge in [-0.05, 0) is 38.5 Å². The summed E-state index contributed by atoms with van der Waals surface area (Å²) in [7, 11) is 0. The number of amides is 2. The van der Waals surface area contributed by atoms with Crippen LogP contribution in [0.4, 0.5) is 0 Å². The molecule has 0 saturated carbocycles. The monoisotopic (exact) mass is 471 g/mol. The van der Waals surface area contributed by atoms with E-state index in [1.165, 1.54) is 0 Å². The molecule has 35 heavy (non-hydrogen) atoms. The molecule has 0 aliphatic rings. The lowest BCUT2D eigenvalue weighted by Gasteiger charge is -2.07. The first-order valence-corrected chi connectivity index (χ1v) is 11.1. The maximum Gasteiger partial charge on any atom is 0.340 e. The van der Waals surface area contributed by atoms with Crippen molar-refractivity contribution in [3.63, 3.8) is 0 Å². The highest BCUT2D eigenvalue weighted by Crippen LogP contribution is 2.24. The summed E-state index contributed by atoms with van der Waals surface area (Å²) in [6.45, 7) is 5.26. The van der Waals surface area contributed by atoms with E-state index in [9.17, 15) is 14.4 Å². The second-order valence-corrected chi connectivity index (χ2v) is 7.79. The molecule has 178 valence electrons. The van der Waals surface area contributed by atoms with Crippen molar-refractivity contribution in [2.24, 2.45) is 0 Å². The average Bonchev–Trinajstić information content (AvgIpc) is 3.45. The van der Waals surface area contributed by atoms with Crippen LogP contribution in [0.5, 0.6) is 0 Å². The van der Waals surface area contributed by atoms with E-state index in [4.69, 9.17) is 4.74 Å². The van der Waals surface area contributed by atoms with Crippen LogP contribution in [0.15, 0.2) is 66.9 Å². The molecule has 0 radical (unpaired) electrons. The zero-order valence-electron chi connectivity index (χ0n) is 19.6. The van der Waals surface area contributed by atoms with Crippen LogP contribution in [0.3, 0.4) is 0 Å². The number of H-pyrrole nitrogens is 1. The van der Waals surface area contributed by atoms with Gasteiger partial charge in [0.15, 0.2) is 0 Å². The van der Waals surface area contributed by atoms with Gasteiger partial charge in [0.2, 0.25) is 0 Å². The average molecular weight is 472 g/mol. The Morgan fingerprint density at radius 2 is 1.57 bits per heavy atom. The molecule has 4 aromatic rings. The zero-order valence-corrected chi connectivity index (χ0v) is 19.6. The molecule has 4 rings (SSSR count). The van der Waals surface area contributed by atoms with Gasteiger partial charge in [-0.15, -0.1) is 0 Å². The van der Waals surface area contributed by atoms with Crippen LogP contribution >= 0.6 is 0 Å². The summed E-state index contributed by atoms with van der Waals surface area (Å²) in [5, 5.41) is 4.61. The minimum Gasteiger partial charge on any atom is -0.462 e. The first-order chi connectivity index (χ1) is 16.9. The zero-order chi connectivity index (χ0) is 24.9. The van der Waals surface area contributed by atoms with Crippen LogP contribution in [-0.4, -0.2) is 39.2 Å². The number of hydrogen-bond acceptors (Lipinski definition) is 5. The molecule has 0 saturated heterocycles. The molecule has 0 atom stereocenters. The third-order valence-electron chi connectivity index (χ3n) is 5.46. The highest BCUT2D eigenvalue weighted by Gasteiger charge is 2.24. The topological polar surface area (TPSA) is 118 Å². The van der Waals surface area contributed by atoms with E-state index in [0.717, 1.165) is 11.3 Å². The molecule has 3 N–H and O–H groups in total. The van der Waals surface area contributed by atoms with Crippen molar-refractivity contribution < 1.29 is 19.1 Å². The number of aromatic nitrogens is 3. The predicted octanol–water partition coefficient (Wildman–Crippen LogP) is 3.74. The second-order valence-electron chi connectivity index (χ2n) is 7.79. The van der Waals surface area contributed by atoms with Crippen LogP contribution < -0.4 is 10.9 Å². The normalized spacial score (nSPS) is 10.6. The molecule has 0 aliphatic heterocycles. The summed E-state index contributed by atoms with van der Waals surface area (Å²) >= 11 is 0. The molecule has 0 fully saturated rings. The molecule has 0 unspecified atom stereocenters. The first-order valence-electron chi connectivity index (χ1n) is 11.1. The van der Waals surface area contributed by atoms with Crippen LogP contribution in [0.2, 0.25) is 0 Å². The van der Waals surface area contributed by atoms with Gasteiger partial charge in [0.1, 0.15) is 11.4 Å². The lowest BCUT2D eigenvalue weighted by Crippen LogP contribution is -2.42. The lowest BCUT2D eigenvalue weighted by molar-refractivity contribution is 0.0524. The largest absolute Gasteiger partial charge is 0.462 e. The molecule has 2 aromatic carbocycles. The summed E-state index contributed by atoms with van der Waals surface area (Å²) in [5.74, 6) is -1.64. The highest BCUT2D eigenvalue weighted by atomic mass is 16.5. The summed E-state index contributed by atoms with van der Waals surface area (Å²) < 4.78 is 6.68. The van der Waals surface area contributed by atoms with Crippen LogP contribution in [0, 0.1) is 13.8 Å². The number of carbonyl (C=O) groups excluding carboxylic acids is 3. The first kappa shape index (κ1) is 23.5. The number of esters is 1. The molecular weight excluding hydrogens is 446 g/mol. The second kappa shape index (κ2) is 10.1. The Kier molecular flexibility index (Phi) is 6.77. The molecule has 2 heterocycles. The Labute approximate surface area is 202 Å². The molecule has 2 aromatic heterocycles. The van der Waals surface area contributed by atoms with E-state index in [1.807, 2.05) is 60.7 Å². The van der Waals surface area contributed by atoms with Gasteiger partial charge >= 0.3 is 5.97 Å². The van der Waals surface area contributed by atoms with Gasteiger partial charge in [0.25, 0.3) is 11.8 Å². The number of aryl methyl sites for hydroxylation is 1. The fourth-order valence-electron chi connectivity index (χ4n) is 3.79. The van der Waals surface area contributed by atoms with Crippen LogP contribution in [0.1, 0.15) is 49.4 Å². The van der Waals surface area contributed by atoms with Crippen molar-refractivity contribution in [3.8, 4) is 16.9 Å². The molecule has 9 nitrogen and oxygen atoms in total. The Bertz CT molecular complexity index is 1370. The van der Waals surface area contributed by atoms with E-state index < -0.39 is 17.8 Å². The number of carbonyl (C=O) groups is 3. The Morgan fingerprint density at radius 3 is 2.23 bits per heavy atom. The number of nitrogens with zero attached hydrogens (tertiary/aromatic N) is 2. The minimum absolute atomic E-state index is 0.161. The molecule has 9 heteroatoms. The van der Waals surface area contributed by atoms with Gasteiger partial charge in [0.05, 0.1) is 23.4 Å². The third kappa shape index (κ3) is 4.84. The van der Waals surface area contributed by atoms with Crippen molar-refractivity contribution in [2.45, 2.75) is 20.8 Å². The van der Waals surface area contributed by atoms with E-state index in [-0.39, 0.29) is 17.9 Å². The van der Waals surface area contributed by atoms with Crippen molar-refractivity contribution in [2.75, 3.05) is 6.61 Å². The number of benzene rings is 2. The number of para-hydroxylation sites is 1. The minimum atomic E-state index is -0.591. The highest BCUT2D eigenvalue weighted by molar-refractivity contribution is 6.04. The molecule has 0 bridgehead atoms. The third-order valence-corrected chi connectivity index (χ3v) is 5.46. The number of nitrogens with one attached hydrogen (secondary N) is 3. The SMILES string of the molecule is CCOC(=O)c1c(C)[nH]c(C(=O)NNC(=O)c2cn(-c3ccccc3)nc2-c2ccccc2)c1C. The standard InChI is InChI=1S/C26H25N5O4/c1-4-35-26(34)21-16(2)22(27-17(21)3)25(33)29-28-24(32)20-15-31(19-13-9-6-10-14-19)30-23(20)18-11-7-5-8-12-18/h5-15,27H,4H2,1-3H3,(H,28,32)(H,29,33). The van der Waals surface area contributed by atoms with E-state index in [1.54, 1.807) is 31.6 Å². The van der Waals surface area contributed by atoms with E-state index in [2.05, 4.69) is 20.9 Å². The van der Waals surface area contributed by atoms with E-state index in [0.29, 0.717) is 22.5 Å². The Hall–Kier alpha value is -4.66. The summed E-state index contributed by atoms with van der Waals surface area (Å²) in [6.07, 6.45) is 1.61. The van der Waals surface area contributed by atoms with Gasteiger partial charge in [-0.25, -0.2) is 9.48 Å². The fraction of sp³-hybridized carbons (Fsp3) is 0.154. The van der Waals surface area contributed by atoms with E-state index >= 15 is 0 Å². The maximum atomic E-state index is 13.1. The summed E-state index contributed by atoms with van der Waals surface area (Å²) in [5.41, 5.74) is 8.59. The lowest BCUT2D eigenvalue weighted by atomic mass is 10.1. The number of aromatic amines is 1. The maximum absolute atomic E-state index is 13.1. The smallest absolute Gasteiger partial charge is 0.340 e. The number of hydrogen-bond donors (Lipinski definition) is 3. The van der Waals surface area contributed by atoms with Gasteiger partial charge in [-0.2, -0.15) is 5.10 Å². The molecule has 2 amide bonds. The van der Waals surface area contributed by atoms with Gasteiger partial charge in [-0.1, -0.05) is 48.5 Å². The number of rotatable bonds is 6. The Morgan fingerprint density at radius 1 is 0.943 bits per heavy atom. The molecular formula is C26H25N5O4. The summed E-state index contributed by atoms with van der Waals surface area (Å²) in [4.78, 5) is 41.0. The van der Waals surface area contributed by atoms with Crippen molar-refractivity contribution in [1.82, 2.24) is 25.6 Å². The number of hydrazine groups is 1. The number of ether oxygens (including phenoxy) is 1. The van der Waals surface area contributed by atoms with Crippen molar-refractivity contribution >= 4 is 17.8 Å². The quantitative estimate of drug-likeness (QED) is 0.293. The van der Waals surface area contributed by atoms with Gasteiger partial charge in [0, 0.05) is 17.5 Å². The van der Waals surface area contributed by atoms with Crippen LogP contribution in [0.25, 0.3) is 16.9 Å². The summed E-state index contributed by atoms with van der Waals surface area (Å²) in [6, 6.07) is 18.7. The van der Waals surface area contributed by atoms with Gasteiger partial charge in [-0.3, -0.25) is 20.4 Å². The Balaban J connectivity index is 1.58. The van der Waals surface area contributed by atoms with Crippen molar-refractivity contribution in [1.29, 1.82) is 0 Å². The van der Waals surface area contributed by atoms with Crippen LogP contribution in [-0.2, 0) is 4.74 Å². The van der Waals surface area contributed by atoms with Crippen molar-refractivity contribution in [3.05, 3.63) is 94.9 Å². The predicted molar refractivity (Wildman–Crippen MR) is 130 cm³/mol. The molecule has 0 aliphatic carbocycles. The van der Waals surface area contributed by atoms with Gasteiger partial charge < -0.3 is 9.72 Å². The fourth-order valence-corrected chi connectivity index (χ4v) is 3.79. The molecule has 0 spiro atoms.